The molecular formula is C18H18O2S. The summed E-state index contributed by atoms with van der Waals surface area (Å²) in [5, 5.41) is 9.04. The fraction of sp³-hybridized carbons (Fsp3) is 0.278. The fourth-order valence-corrected chi connectivity index (χ4v) is 3.90. The third-order valence-corrected chi connectivity index (χ3v) is 4.95. The van der Waals surface area contributed by atoms with Gasteiger partial charge in [-0.15, -0.1) is 0 Å². The minimum atomic E-state index is -0.699. The Morgan fingerprint density at radius 3 is 2.71 bits per heavy atom. The molecule has 0 aromatic heterocycles. The number of fused-ring (bicyclic) bond motifs is 1. The lowest BCUT2D eigenvalue weighted by atomic mass is 9.81. The van der Waals surface area contributed by atoms with Crippen LogP contribution in [0.25, 0.3) is 0 Å². The molecule has 3 rings (SSSR count). The zero-order chi connectivity index (χ0) is 14.7. The monoisotopic (exact) mass is 298 g/mol. The minimum absolute atomic E-state index is 0.182. The van der Waals surface area contributed by atoms with Crippen molar-refractivity contribution in [2.75, 3.05) is 0 Å². The van der Waals surface area contributed by atoms with Gasteiger partial charge >= 0.3 is 5.97 Å². The van der Waals surface area contributed by atoms with Crippen molar-refractivity contribution in [1.29, 1.82) is 0 Å². The molecule has 2 aromatic carbocycles. The minimum Gasteiger partial charge on any atom is -0.481 e. The molecule has 3 heteroatoms. The zero-order valence-electron chi connectivity index (χ0n) is 11.8. The average Bonchev–Trinajstić information content (AvgIpc) is 2.48. The molecule has 2 aromatic rings. The molecule has 1 aliphatic carbocycles. The van der Waals surface area contributed by atoms with Gasteiger partial charge in [-0.3, -0.25) is 4.79 Å². The third kappa shape index (κ3) is 3.48. The highest BCUT2D eigenvalue weighted by atomic mass is 32.2. The number of carboxylic acids is 1. The van der Waals surface area contributed by atoms with Crippen LogP contribution in [0.5, 0.6) is 0 Å². The highest BCUT2D eigenvalue weighted by molar-refractivity contribution is 7.99. The van der Waals surface area contributed by atoms with Crippen LogP contribution in [-0.4, -0.2) is 11.1 Å². The largest absolute Gasteiger partial charge is 0.481 e. The van der Waals surface area contributed by atoms with Gasteiger partial charge in [-0.1, -0.05) is 36.0 Å². The fourth-order valence-electron chi connectivity index (χ4n) is 3.00. The number of carbonyl (C=O) groups is 1. The summed E-state index contributed by atoms with van der Waals surface area (Å²) in [5.74, 6) is -0.516. The molecule has 1 atom stereocenters. The SMILES string of the molecule is O=C(O)CC1CCCc2cc(Sc3ccccc3)ccc21. The van der Waals surface area contributed by atoms with Crippen LogP contribution in [0.15, 0.2) is 58.3 Å². The van der Waals surface area contributed by atoms with E-state index in [9.17, 15) is 4.79 Å². The van der Waals surface area contributed by atoms with Gasteiger partial charge in [0, 0.05) is 9.79 Å². The smallest absolute Gasteiger partial charge is 0.303 e. The number of rotatable bonds is 4. The molecule has 0 radical (unpaired) electrons. The van der Waals surface area contributed by atoms with Crippen LogP contribution in [0.2, 0.25) is 0 Å². The summed E-state index contributed by atoms with van der Waals surface area (Å²) in [4.78, 5) is 13.4. The molecule has 0 amide bonds. The van der Waals surface area contributed by atoms with E-state index in [0.717, 1.165) is 19.3 Å². The summed E-state index contributed by atoms with van der Waals surface area (Å²) in [5.41, 5.74) is 2.56. The lowest BCUT2D eigenvalue weighted by Crippen LogP contribution is -2.13. The number of carboxylic acid groups (broad SMARTS) is 1. The Balaban J connectivity index is 1.82. The van der Waals surface area contributed by atoms with Gasteiger partial charge in [0.25, 0.3) is 0 Å². The number of benzene rings is 2. The molecule has 0 aliphatic heterocycles. The second-order valence-corrected chi connectivity index (χ2v) is 6.61. The molecule has 0 saturated carbocycles. The molecule has 108 valence electrons. The molecule has 0 spiro atoms. The van der Waals surface area contributed by atoms with Crippen LogP contribution < -0.4 is 0 Å². The summed E-state index contributed by atoms with van der Waals surface area (Å²) in [6.45, 7) is 0. The molecule has 1 unspecified atom stereocenters. The molecule has 0 saturated heterocycles. The van der Waals surface area contributed by atoms with Crippen molar-refractivity contribution in [3.63, 3.8) is 0 Å². The summed E-state index contributed by atoms with van der Waals surface area (Å²) in [6, 6.07) is 16.8. The summed E-state index contributed by atoms with van der Waals surface area (Å²) in [7, 11) is 0. The van der Waals surface area contributed by atoms with E-state index in [0.29, 0.717) is 0 Å². The van der Waals surface area contributed by atoms with Crippen LogP contribution in [0.3, 0.4) is 0 Å². The van der Waals surface area contributed by atoms with Crippen molar-refractivity contribution >= 4 is 17.7 Å². The van der Waals surface area contributed by atoms with E-state index >= 15 is 0 Å². The van der Waals surface area contributed by atoms with Gasteiger partial charge < -0.3 is 5.11 Å². The standard InChI is InChI=1S/C18H18O2S/c19-18(20)12-14-6-4-5-13-11-16(9-10-17(13)14)21-15-7-2-1-3-8-15/h1-3,7-11,14H,4-6,12H2,(H,19,20). The van der Waals surface area contributed by atoms with Gasteiger partial charge in [-0.25, -0.2) is 0 Å². The van der Waals surface area contributed by atoms with Crippen LogP contribution in [-0.2, 0) is 11.2 Å². The lowest BCUT2D eigenvalue weighted by Gasteiger charge is -2.24. The highest BCUT2D eigenvalue weighted by Crippen LogP contribution is 2.37. The first kappa shape index (κ1) is 14.2. The Hall–Kier alpha value is -1.74. The van der Waals surface area contributed by atoms with Gasteiger partial charge in [0.05, 0.1) is 6.42 Å². The first-order valence-electron chi connectivity index (χ1n) is 7.30. The van der Waals surface area contributed by atoms with Crippen LogP contribution >= 0.6 is 11.8 Å². The van der Waals surface area contributed by atoms with Crippen molar-refractivity contribution in [3.05, 3.63) is 59.7 Å². The maximum Gasteiger partial charge on any atom is 0.303 e. The molecule has 1 N–H and O–H groups in total. The molecule has 21 heavy (non-hydrogen) atoms. The van der Waals surface area contributed by atoms with Gasteiger partial charge in [0.2, 0.25) is 0 Å². The number of hydrogen-bond acceptors (Lipinski definition) is 2. The lowest BCUT2D eigenvalue weighted by molar-refractivity contribution is -0.137. The van der Waals surface area contributed by atoms with Gasteiger partial charge in [-0.2, -0.15) is 0 Å². The topological polar surface area (TPSA) is 37.3 Å². The molecule has 0 bridgehead atoms. The van der Waals surface area contributed by atoms with Crippen molar-refractivity contribution in [1.82, 2.24) is 0 Å². The van der Waals surface area contributed by atoms with Crippen molar-refractivity contribution < 1.29 is 9.90 Å². The Morgan fingerprint density at radius 2 is 1.95 bits per heavy atom. The summed E-state index contributed by atoms with van der Waals surface area (Å²) in [6.07, 6.45) is 3.39. The van der Waals surface area contributed by atoms with Gasteiger partial charge in [0.1, 0.15) is 0 Å². The van der Waals surface area contributed by atoms with Crippen molar-refractivity contribution in [2.45, 2.75) is 41.4 Å². The summed E-state index contributed by atoms with van der Waals surface area (Å²) >= 11 is 1.76. The van der Waals surface area contributed by atoms with Crippen LogP contribution in [0.1, 0.15) is 36.3 Å². The first-order valence-corrected chi connectivity index (χ1v) is 8.11. The second-order valence-electron chi connectivity index (χ2n) is 5.46. The highest BCUT2D eigenvalue weighted by Gasteiger charge is 2.22. The van der Waals surface area contributed by atoms with E-state index in [4.69, 9.17) is 5.11 Å². The molecule has 0 heterocycles. The second kappa shape index (κ2) is 6.35. The van der Waals surface area contributed by atoms with E-state index in [2.05, 4.69) is 30.3 Å². The molecule has 1 aliphatic rings. The first-order chi connectivity index (χ1) is 10.2. The molecule has 0 fully saturated rings. The van der Waals surface area contributed by atoms with Gasteiger partial charge in [-0.05, 0) is 60.6 Å². The molecular weight excluding hydrogens is 280 g/mol. The van der Waals surface area contributed by atoms with E-state index in [1.54, 1.807) is 11.8 Å². The Kier molecular flexibility index (Phi) is 4.30. The van der Waals surface area contributed by atoms with Gasteiger partial charge in [0.15, 0.2) is 0 Å². The number of aryl methyl sites for hydroxylation is 1. The molecule has 2 nitrogen and oxygen atoms in total. The van der Waals surface area contributed by atoms with E-state index in [1.165, 1.54) is 20.9 Å². The summed E-state index contributed by atoms with van der Waals surface area (Å²) < 4.78 is 0. The maximum atomic E-state index is 11.0. The predicted molar refractivity (Wildman–Crippen MR) is 84.9 cm³/mol. The normalized spacial score (nSPS) is 17.2. The number of hydrogen-bond donors (Lipinski definition) is 1. The Morgan fingerprint density at radius 1 is 1.14 bits per heavy atom. The maximum absolute atomic E-state index is 11.0. The van der Waals surface area contributed by atoms with Crippen molar-refractivity contribution in [3.8, 4) is 0 Å². The average molecular weight is 298 g/mol. The Bertz CT molecular complexity index is 637. The van der Waals surface area contributed by atoms with Crippen molar-refractivity contribution in [2.24, 2.45) is 0 Å². The number of aliphatic carboxylic acids is 1. The third-order valence-electron chi connectivity index (χ3n) is 3.95. The van der Waals surface area contributed by atoms with E-state index in [1.807, 2.05) is 18.2 Å². The van der Waals surface area contributed by atoms with E-state index in [-0.39, 0.29) is 12.3 Å². The van der Waals surface area contributed by atoms with Crippen LogP contribution in [0, 0.1) is 0 Å². The zero-order valence-corrected chi connectivity index (χ0v) is 12.6. The quantitative estimate of drug-likeness (QED) is 0.886. The predicted octanol–water partition coefficient (Wildman–Crippen LogP) is 4.73. The Labute approximate surface area is 129 Å². The van der Waals surface area contributed by atoms with Crippen LogP contribution in [0.4, 0.5) is 0 Å². The van der Waals surface area contributed by atoms with E-state index < -0.39 is 5.97 Å².